The van der Waals surface area contributed by atoms with Gasteiger partial charge in [-0.1, -0.05) is 37.6 Å². The van der Waals surface area contributed by atoms with Crippen LogP contribution >= 0.6 is 11.6 Å². The molecular weight excluding hydrogens is 454 g/mol. The molecule has 34 heavy (non-hydrogen) atoms. The van der Waals surface area contributed by atoms with Crippen molar-refractivity contribution in [2.45, 2.75) is 19.9 Å². The van der Waals surface area contributed by atoms with Crippen molar-refractivity contribution in [3.8, 4) is 11.3 Å². The second kappa shape index (κ2) is 10.1. The maximum atomic E-state index is 13.3. The summed E-state index contributed by atoms with van der Waals surface area (Å²) in [5.41, 5.74) is 1.86. The number of anilines is 1. The third-order valence-electron chi connectivity index (χ3n) is 5.77. The molecule has 2 heterocycles. The zero-order chi connectivity index (χ0) is 24.2. The Morgan fingerprint density at radius 3 is 2.47 bits per heavy atom. The Bertz CT molecular complexity index is 1180. The minimum absolute atomic E-state index is 0.0989. The number of carbonyl (C=O) groups is 3. The highest BCUT2D eigenvalue weighted by Crippen LogP contribution is 2.23. The molecule has 1 N–H and O–H groups in total. The van der Waals surface area contributed by atoms with Crippen molar-refractivity contribution in [2.75, 3.05) is 25.0 Å². The van der Waals surface area contributed by atoms with E-state index in [1.807, 2.05) is 12.1 Å². The second-order valence-electron chi connectivity index (χ2n) is 8.51. The molecule has 0 aliphatic carbocycles. The molecule has 176 valence electrons. The number of furan rings is 1. The zero-order valence-electron chi connectivity index (χ0n) is 19.0. The second-order valence-corrected chi connectivity index (χ2v) is 8.94. The standard InChI is InChI=1S/C26H26ClN3O4/c1-17(2)25(32)30-13-12-29(16-22(30)24(31)28-21-10-8-20(27)9-11-21)26(33)19-6-3-5-18(15-19)23-7-4-14-34-23/h3-11,14-15,17,22H,12-13,16H2,1-2H3,(H,28,31). The van der Waals surface area contributed by atoms with E-state index >= 15 is 0 Å². The molecule has 1 aliphatic rings. The van der Waals surface area contributed by atoms with Crippen molar-refractivity contribution in [2.24, 2.45) is 5.92 Å². The summed E-state index contributed by atoms with van der Waals surface area (Å²) in [6, 6.07) is 16.7. The highest BCUT2D eigenvalue weighted by molar-refractivity contribution is 6.30. The average Bonchev–Trinajstić information content (AvgIpc) is 3.39. The number of carbonyl (C=O) groups excluding carboxylic acids is 3. The highest BCUT2D eigenvalue weighted by Gasteiger charge is 2.38. The number of amides is 3. The third-order valence-corrected chi connectivity index (χ3v) is 6.03. The van der Waals surface area contributed by atoms with Crippen LogP contribution in [0.4, 0.5) is 5.69 Å². The number of nitrogens with zero attached hydrogens (tertiary/aromatic N) is 2. The van der Waals surface area contributed by atoms with Crippen LogP contribution in [0.5, 0.6) is 0 Å². The molecule has 0 saturated carbocycles. The van der Waals surface area contributed by atoms with Gasteiger partial charge in [-0.15, -0.1) is 0 Å². The smallest absolute Gasteiger partial charge is 0.254 e. The number of nitrogens with one attached hydrogen (secondary N) is 1. The summed E-state index contributed by atoms with van der Waals surface area (Å²) in [6.07, 6.45) is 1.58. The van der Waals surface area contributed by atoms with Gasteiger partial charge in [0.1, 0.15) is 11.8 Å². The van der Waals surface area contributed by atoms with Gasteiger partial charge in [0, 0.05) is 40.8 Å². The van der Waals surface area contributed by atoms with Gasteiger partial charge in [-0.25, -0.2) is 0 Å². The molecule has 0 radical (unpaired) electrons. The lowest BCUT2D eigenvalue weighted by atomic mass is 10.0. The first-order valence-electron chi connectivity index (χ1n) is 11.1. The molecule has 7 nitrogen and oxygen atoms in total. The Morgan fingerprint density at radius 1 is 1.03 bits per heavy atom. The molecule has 3 amide bonds. The molecule has 4 rings (SSSR count). The van der Waals surface area contributed by atoms with Crippen LogP contribution in [-0.4, -0.2) is 53.2 Å². The van der Waals surface area contributed by atoms with Gasteiger partial charge in [-0.2, -0.15) is 0 Å². The number of hydrogen-bond donors (Lipinski definition) is 1. The van der Waals surface area contributed by atoms with Gasteiger partial charge in [-0.05, 0) is 48.5 Å². The van der Waals surface area contributed by atoms with Gasteiger partial charge in [0.25, 0.3) is 5.91 Å². The molecule has 1 fully saturated rings. The number of halogens is 1. The Labute approximate surface area is 203 Å². The summed E-state index contributed by atoms with van der Waals surface area (Å²) >= 11 is 5.94. The van der Waals surface area contributed by atoms with Gasteiger partial charge in [0.15, 0.2) is 0 Å². The molecule has 3 aromatic rings. The quantitative estimate of drug-likeness (QED) is 0.582. The van der Waals surface area contributed by atoms with Gasteiger partial charge in [-0.3, -0.25) is 14.4 Å². The molecule has 8 heteroatoms. The van der Waals surface area contributed by atoms with Gasteiger partial charge >= 0.3 is 0 Å². The topological polar surface area (TPSA) is 82.9 Å². The Balaban J connectivity index is 1.55. The Hall–Kier alpha value is -3.58. The zero-order valence-corrected chi connectivity index (χ0v) is 19.8. The van der Waals surface area contributed by atoms with Crippen LogP contribution in [0.2, 0.25) is 5.02 Å². The monoisotopic (exact) mass is 479 g/mol. The summed E-state index contributed by atoms with van der Waals surface area (Å²) in [6.45, 7) is 4.32. The van der Waals surface area contributed by atoms with Crippen LogP contribution < -0.4 is 5.32 Å². The molecule has 0 spiro atoms. The average molecular weight is 480 g/mol. The Kier molecular flexibility index (Phi) is 7.03. The van der Waals surface area contributed by atoms with Crippen LogP contribution in [0.3, 0.4) is 0 Å². The molecule has 1 saturated heterocycles. The normalized spacial score (nSPS) is 15.9. The molecule has 1 aromatic heterocycles. The maximum absolute atomic E-state index is 13.3. The predicted octanol–water partition coefficient (Wildman–Crippen LogP) is 4.55. The lowest BCUT2D eigenvalue weighted by Gasteiger charge is -2.41. The van der Waals surface area contributed by atoms with Crippen molar-refractivity contribution in [3.63, 3.8) is 0 Å². The van der Waals surface area contributed by atoms with E-state index in [0.717, 1.165) is 5.56 Å². The summed E-state index contributed by atoms with van der Waals surface area (Å²) < 4.78 is 5.44. The van der Waals surface area contributed by atoms with Crippen molar-refractivity contribution in [1.82, 2.24) is 9.80 Å². The van der Waals surface area contributed by atoms with E-state index in [-0.39, 0.29) is 36.7 Å². The summed E-state index contributed by atoms with van der Waals surface area (Å²) in [7, 11) is 0. The summed E-state index contributed by atoms with van der Waals surface area (Å²) in [5.74, 6) is -0.268. The van der Waals surface area contributed by atoms with Crippen molar-refractivity contribution < 1.29 is 18.8 Å². The van der Waals surface area contributed by atoms with Crippen LogP contribution in [0.15, 0.2) is 71.3 Å². The molecule has 1 unspecified atom stereocenters. The molecular formula is C26H26ClN3O4. The molecule has 0 bridgehead atoms. The minimum atomic E-state index is -0.809. The SMILES string of the molecule is CC(C)C(=O)N1CCN(C(=O)c2cccc(-c3ccco3)c2)CC1C(=O)Nc1ccc(Cl)cc1. The lowest BCUT2D eigenvalue weighted by molar-refractivity contribution is -0.144. The fraction of sp³-hybridized carbons (Fsp3) is 0.269. The van der Waals surface area contributed by atoms with Gasteiger partial charge in [0.2, 0.25) is 11.8 Å². The van der Waals surface area contributed by atoms with Gasteiger partial charge in [0.05, 0.1) is 12.8 Å². The van der Waals surface area contributed by atoms with Crippen LogP contribution in [-0.2, 0) is 9.59 Å². The van der Waals surface area contributed by atoms with Gasteiger partial charge < -0.3 is 19.5 Å². The van der Waals surface area contributed by atoms with Crippen molar-refractivity contribution in [1.29, 1.82) is 0 Å². The predicted molar refractivity (Wildman–Crippen MR) is 130 cm³/mol. The molecule has 2 aromatic carbocycles. The number of hydrogen-bond acceptors (Lipinski definition) is 4. The van der Waals surface area contributed by atoms with E-state index in [1.165, 1.54) is 0 Å². The number of piperazine rings is 1. The summed E-state index contributed by atoms with van der Waals surface area (Å²) in [4.78, 5) is 42.6. The van der Waals surface area contributed by atoms with Crippen LogP contribution in [0, 0.1) is 5.92 Å². The first-order valence-corrected chi connectivity index (χ1v) is 11.5. The van der Waals surface area contributed by atoms with E-state index in [0.29, 0.717) is 28.6 Å². The first-order chi connectivity index (χ1) is 16.3. The van der Waals surface area contributed by atoms with E-state index < -0.39 is 6.04 Å². The van der Waals surface area contributed by atoms with Crippen molar-refractivity contribution >= 4 is 35.0 Å². The van der Waals surface area contributed by atoms with E-state index in [2.05, 4.69) is 5.32 Å². The molecule has 1 atom stereocenters. The van der Waals surface area contributed by atoms with E-state index in [9.17, 15) is 14.4 Å². The third kappa shape index (κ3) is 5.15. The Morgan fingerprint density at radius 2 is 1.79 bits per heavy atom. The fourth-order valence-corrected chi connectivity index (χ4v) is 4.10. The van der Waals surface area contributed by atoms with Crippen LogP contribution in [0.1, 0.15) is 24.2 Å². The fourth-order valence-electron chi connectivity index (χ4n) is 3.98. The van der Waals surface area contributed by atoms with Crippen LogP contribution in [0.25, 0.3) is 11.3 Å². The lowest BCUT2D eigenvalue weighted by Crippen LogP contribution is -2.61. The van der Waals surface area contributed by atoms with Crippen molar-refractivity contribution in [3.05, 3.63) is 77.5 Å². The highest BCUT2D eigenvalue weighted by atomic mass is 35.5. The molecule has 1 aliphatic heterocycles. The number of rotatable bonds is 5. The van der Waals surface area contributed by atoms with E-state index in [4.69, 9.17) is 16.0 Å². The van der Waals surface area contributed by atoms with E-state index in [1.54, 1.807) is 78.4 Å². The summed E-state index contributed by atoms with van der Waals surface area (Å²) in [5, 5.41) is 3.40. The minimum Gasteiger partial charge on any atom is -0.464 e. The number of benzene rings is 2. The first kappa shape index (κ1) is 23.6. The maximum Gasteiger partial charge on any atom is 0.254 e. The largest absolute Gasteiger partial charge is 0.464 e.